The van der Waals surface area contributed by atoms with Crippen molar-refractivity contribution < 1.29 is 4.79 Å². The van der Waals surface area contributed by atoms with Crippen molar-refractivity contribution in [1.29, 1.82) is 0 Å². The van der Waals surface area contributed by atoms with Crippen LogP contribution in [0.5, 0.6) is 0 Å². The topological polar surface area (TPSA) is 44.4 Å². The second kappa shape index (κ2) is 10.1. The lowest BCUT2D eigenvalue weighted by Crippen LogP contribution is -2.29. The highest BCUT2D eigenvalue weighted by Crippen LogP contribution is 2.19. The highest BCUT2D eigenvalue weighted by molar-refractivity contribution is 8.04. The molecule has 108 valence electrons. The lowest BCUT2D eigenvalue weighted by atomic mass is 10.3. The number of carbonyl (C=O) groups excluding carboxylic acids is 1. The Bertz CT molecular complexity index is 329. The van der Waals surface area contributed by atoms with Gasteiger partial charge in [0.2, 0.25) is 0 Å². The van der Waals surface area contributed by atoms with E-state index in [0.717, 1.165) is 49.7 Å². The van der Waals surface area contributed by atoms with Crippen LogP contribution in [0.25, 0.3) is 0 Å². The number of allylic oxidation sites excluding steroid dienone is 2. The minimum absolute atomic E-state index is 0.0622. The predicted octanol–water partition coefficient (Wildman–Crippen LogP) is 1.22. The molecule has 5 heteroatoms. The molecule has 1 rings (SSSR count). The van der Waals surface area contributed by atoms with Gasteiger partial charge in [0.1, 0.15) is 0 Å². The van der Waals surface area contributed by atoms with Gasteiger partial charge < -0.3 is 15.5 Å². The Morgan fingerprint density at radius 1 is 1.37 bits per heavy atom. The van der Waals surface area contributed by atoms with Crippen LogP contribution in [0.2, 0.25) is 0 Å². The molecule has 0 spiro atoms. The zero-order valence-electron chi connectivity index (χ0n) is 11.9. The summed E-state index contributed by atoms with van der Waals surface area (Å²) in [5, 5.41) is 6.12. The number of thioether (sulfide) groups is 1. The van der Waals surface area contributed by atoms with Gasteiger partial charge in [0, 0.05) is 12.3 Å². The summed E-state index contributed by atoms with van der Waals surface area (Å²) in [5.41, 5.74) is 0. The van der Waals surface area contributed by atoms with Gasteiger partial charge in [-0.05, 0) is 52.6 Å². The maximum absolute atomic E-state index is 11.8. The van der Waals surface area contributed by atoms with Crippen molar-refractivity contribution in [2.24, 2.45) is 0 Å². The maximum atomic E-state index is 11.8. The summed E-state index contributed by atoms with van der Waals surface area (Å²) < 4.78 is 0. The smallest absolute Gasteiger partial charge is 0.257 e. The van der Waals surface area contributed by atoms with E-state index < -0.39 is 0 Å². The van der Waals surface area contributed by atoms with Crippen LogP contribution in [0.4, 0.5) is 0 Å². The molecule has 0 aromatic carbocycles. The zero-order chi connectivity index (χ0) is 13.9. The first kappa shape index (κ1) is 16.3. The fourth-order valence-electron chi connectivity index (χ4n) is 1.81. The second-order valence-electron chi connectivity index (χ2n) is 4.64. The maximum Gasteiger partial charge on any atom is 0.257 e. The number of rotatable bonds is 9. The van der Waals surface area contributed by atoms with Crippen LogP contribution in [0.15, 0.2) is 23.1 Å². The van der Waals surface area contributed by atoms with Gasteiger partial charge in [0.05, 0.1) is 4.91 Å². The van der Waals surface area contributed by atoms with E-state index in [4.69, 9.17) is 0 Å². The van der Waals surface area contributed by atoms with E-state index in [2.05, 4.69) is 28.7 Å². The molecule has 0 fully saturated rings. The lowest BCUT2D eigenvalue weighted by molar-refractivity contribution is -0.116. The van der Waals surface area contributed by atoms with Crippen LogP contribution in [0.1, 0.15) is 12.8 Å². The summed E-state index contributed by atoms with van der Waals surface area (Å²) >= 11 is 1.59. The molecule has 1 aliphatic rings. The number of hydrogen-bond acceptors (Lipinski definition) is 4. The molecule has 0 aromatic heterocycles. The van der Waals surface area contributed by atoms with Gasteiger partial charge in [-0.2, -0.15) is 0 Å². The molecule has 0 atom stereocenters. The van der Waals surface area contributed by atoms with Gasteiger partial charge in [-0.1, -0.05) is 12.2 Å². The van der Waals surface area contributed by atoms with E-state index in [1.54, 1.807) is 11.8 Å². The molecule has 0 aromatic rings. The van der Waals surface area contributed by atoms with E-state index in [1.165, 1.54) is 0 Å². The third kappa shape index (κ3) is 7.40. The second-order valence-corrected chi connectivity index (χ2v) is 5.70. The number of amides is 1. The van der Waals surface area contributed by atoms with Crippen molar-refractivity contribution in [2.45, 2.75) is 12.8 Å². The van der Waals surface area contributed by atoms with Crippen LogP contribution < -0.4 is 10.6 Å². The van der Waals surface area contributed by atoms with Gasteiger partial charge in [0.25, 0.3) is 5.91 Å². The van der Waals surface area contributed by atoms with Crippen molar-refractivity contribution in [1.82, 2.24) is 15.5 Å². The number of nitrogens with zero attached hydrogens (tertiary/aromatic N) is 1. The van der Waals surface area contributed by atoms with Gasteiger partial charge in [-0.25, -0.2) is 0 Å². The van der Waals surface area contributed by atoms with Crippen LogP contribution >= 0.6 is 11.8 Å². The summed E-state index contributed by atoms with van der Waals surface area (Å²) in [7, 11) is 4.10. The van der Waals surface area contributed by atoms with Crippen LogP contribution in [-0.2, 0) is 4.79 Å². The van der Waals surface area contributed by atoms with E-state index in [0.29, 0.717) is 0 Å². The highest BCUT2D eigenvalue weighted by atomic mass is 32.2. The average Bonchev–Trinajstić information content (AvgIpc) is 2.44. The number of nitrogens with one attached hydrogen (secondary N) is 2. The lowest BCUT2D eigenvalue weighted by Gasteiger charge is -2.16. The Morgan fingerprint density at radius 3 is 2.74 bits per heavy atom. The zero-order valence-corrected chi connectivity index (χ0v) is 12.8. The number of carbonyl (C=O) groups is 1. The summed E-state index contributed by atoms with van der Waals surface area (Å²) in [4.78, 5) is 14.9. The van der Waals surface area contributed by atoms with E-state index in [1.807, 2.05) is 19.2 Å². The molecule has 1 aliphatic heterocycles. The Hall–Kier alpha value is -0.780. The van der Waals surface area contributed by atoms with Crippen LogP contribution in [0, 0.1) is 0 Å². The Balaban J connectivity index is 2.05. The fraction of sp³-hybridized carbons (Fsp3) is 0.643. The minimum atomic E-state index is 0.0622. The Morgan fingerprint density at radius 2 is 2.11 bits per heavy atom. The standard InChI is InChI=1S/C14H25N3OS/c1-15-8-5-10-17(2)11-6-9-16-14(18)13-7-3-4-12-19-13/h3-4,7,15H,5-6,8-12H2,1-2H3,(H,16,18). The van der Waals surface area contributed by atoms with E-state index in [-0.39, 0.29) is 5.91 Å². The molecule has 2 N–H and O–H groups in total. The Labute approximate surface area is 120 Å². The summed E-state index contributed by atoms with van der Waals surface area (Å²) in [5.74, 6) is 0.958. The van der Waals surface area contributed by atoms with Crippen LogP contribution in [0.3, 0.4) is 0 Å². The van der Waals surface area contributed by atoms with Crippen LogP contribution in [-0.4, -0.2) is 56.8 Å². The molecule has 4 nitrogen and oxygen atoms in total. The molecule has 0 saturated carbocycles. The first-order valence-corrected chi connectivity index (χ1v) is 7.83. The van der Waals surface area contributed by atoms with Crippen molar-refractivity contribution in [3.8, 4) is 0 Å². The van der Waals surface area contributed by atoms with E-state index in [9.17, 15) is 4.79 Å². The third-order valence-electron chi connectivity index (χ3n) is 2.91. The monoisotopic (exact) mass is 283 g/mol. The van der Waals surface area contributed by atoms with Crippen molar-refractivity contribution >= 4 is 17.7 Å². The molecular weight excluding hydrogens is 258 g/mol. The van der Waals surface area contributed by atoms with Gasteiger partial charge >= 0.3 is 0 Å². The average molecular weight is 283 g/mol. The minimum Gasteiger partial charge on any atom is -0.352 e. The highest BCUT2D eigenvalue weighted by Gasteiger charge is 2.09. The number of hydrogen-bond donors (Lipinski definition) is 2. The molecule has 0 unspecified atom stereocenters. The summed E-state index contributed by atoms with van der Waals surface area (Å²) in [6.45, 7) is 3.92. The largest absolute Gasteiger partial charge is 0.352 e. The first-order valence-electron chi connectivity index (χ1n) is 6.85. The normalized spacial score (nSPS) is 14.6. The third-order valence-corrected chi connectivity index (χ3v) is 3.90. The molecule has 1 amide bonds. The SMILES string of the molecule is CNCCCN(C)CCCNC(=O)C1=CC=CCS1. The van der Waals surface area contributed by atoms with Gasteiger partial charge in [-0.3, -0.25) is 4.79 Å². The fourth-order valence-corrected chi connectivity index (χ4v) is 2.58. The van der Waals surface area contributed by atoms with Crippen molar-refractivity contribution in [2.75, 3.05) is 46.0 Å². The molecule has 0 bridgehead atoms. The van der Waals surface area contributed by atoms with Gasteiger partial charge in [-0.15, -0.1) is 11.8 Å². The van der Waals surface area contributed by atoms with Crippen molar-refractivity contribution in [3.63, 3.8) is 0 Å². The Kier molecular flexibility index (Phi) is 8.62. The van der Waals surface area contributed by atoms with Gasteiger partial charge in [0.15, 0.2) is 0 Å². The molecular formula is C14H25N3OS. The molecule has 1 heterocycles. The molecule has 19 heavy (non-hydrogen) atoms. The predicted molar refractivity (Wildman–Crippen MR) is 83.3 cm³/mol. The summed E-state index contributed by atoms with van der Waals surface area (Å²) in [6, 6.07) is 0. The molecule has 0 aliphatic carbocycles. The summed E-state index contributed by atoms with van der Waals surface area (Å²) in [6.07, 6.45) is 8.04. The van der Waals surface area contributed by atoms with Crippen molar-refractivity contribution in [3.05, 3.63) is 23.1 Å². The molecule has 0 saturated heterocycles. The molecule has 0 radical (unpaired) electrons. The quantitative estimate of drug-likeness (QED) is 0.625. The van der Waals surface area contributed by atoms with E-state index >= 15 is 0 Å². The first-order chi connectivity index (χ1) is 9.24.